The molecule has 0 aromatic rings. The van der Waals surface area contributed by atoms with Crippen LogP contribution < -0.4 is 5.32 Å². The highest BCUT2D eigenvalue weighted by molar-refractivity contribution is 4.81. The molecular formula is C12H25N. The molecule has 78 valence electrons. The molecule has 1 atom stereocenters. The van der Waals surface area contributed by atoms with Crippen LogP contribution in [-0.2, 0) is 0 Å². The van der Waals surface area contributed by atoms with Crippen molar-refractivity contribution in [2.75, 3.05) is 6.54 Å². The number of hydrogen-bond donors (Lipinski definition) is 1. The third-order valence-electron chi connectivity index (χ3n) is 3.32. The smallest absolute Gasteiger partial charge is 0.0118 e. The van der Waals surface area contributed by atoms with Gasteiger partial charge in [-0.25, -0.2) is 0 Å². The van der Waals surface area contributed by atoms with Gasteiger partial charge in [0.2, 0.25) is 0 Å². The second kappa shape index (κ2) is 5.64. The van der Waals surface area contributed by atoms with E-state index in [2.05, 4.69) is 26.1 Å². The van der Waals surface area contributed by atoms with Crippen LogP contribution in [0.2, 0.25) is 0 Å². The molecule has 0 amide bonds. The maximum Gasteiger partial charge on any atom is 0.0118 e. The summed E-state index contributed by atoms with van der Waals surface area (Å²) in [7, 11) is 0. The van der Waals surface area contributed by atoms with Crippen LogP contribution in [0, 0.1) is 11.8 Å². The average molecular weight is 183 g/mol. The van der Waals surface area contributed by atoms with Crippen molar-refractivity contribution in [3.05, 3.63) is 0 Å². The second-order valence-electron chi connectivity index (χ2n) is 4.73. The molecule has 0 bridgehead atoms. The van der Waals surface area contributed by atoms with Crippen LogP contribution in [0.5, 0.6) is 0 Å². The van der Waals surface area contributed by atoms with E-state index in [0.29, 0.717) is 0 Å². The fourth-order valence-electron chi connectivity index (χ4n) is 2.68. The highest BCUT2D eigenvalue weighted by Crippen LogP contribution is 2.29. The van der Waals surface area contributed by atoms with Crippen LogP contribution >= 0.6 is 0 Å². The maximum atomic E-state index is 3.65. The van der Waals surface area contributed by atoms with E-state index in [1.165, 1.54) is 32.1 Å². The van der Waals surface area contributed by atoms with E-state index in [-0.39, 0.29) is 0 Å². The van der Waals surface area contributed by atoms with Gasteiger partial charge in [0.05, 0.1) is 0 Å². The van der Waals surface area contributed by atoms with Crippen LogP contribution in [0.1, 0.15) is 52.9 Å². The van der Waals surface area contributed by atoms with E-state index >= 15 is 0 Å². The summed E-state index contributed by atoms with van der Waals surface area (Å²) < 4.78 is 0. The molecule has 0 aliphatic heterocycles. The van der Waals surface area contributed by atoms with Gasteiger partial charge in [0.1, 0.15) is 0 Å². The van der Waals surface area contributed by atoms with E-state index in [9.17, 15) is 0 Å². The Balaban J connectivity index is 2.41. The first kappa shape index (κ1) is 11.0. The van der Waals surface area contributed by atoms with E-state index in [0.717, 1.165) is 24.4 Å². The zero-order chi connectivity index (χ0) is 9.68. The first-order chi connectivity index (χ1) is 6.25. The summed E-state index contributed by atoms with van der Waals surface area (Å²) >= 11 is 0. The topological polar surface area (TPSA) is 12.0 Å². The van der Waals surface area contributed by atoms with E-state index in [1.807, 2.05) is 0 Å². The van der Waals surface area contributed by atoms with Crippen LogP contribution in [0.3, 0.4) is 0 Å². The van der Waals surface area contributed by atoms with E-state index in [1.54, 1.807) is 0 Å². The molecule has 1 nitrogen and oxygen atoms in total. The van der Waals surface area contributed by atoms with Crippen molar-refractivity contribution in [3.8, 4) is 0 Å². The zero-order valence-corrected chi connectivity index (χ0v) is 9.47. The Bertz CT molecular complexity index is 125. The monoisotopic (exact) mass is 183 g/mol. The van der Waals surface area contributed by atoms with Crippen molar-refractivity contribution >= 4 is 0 Å². The molecule has 1 fully saturated rings. The third kappa shape index (κ3) is 3.30. The van der Waals surface area contributed by atoms with Crippen LogP contribution in [0.4, 0.5) is 0 Å². The van der Waals surface area contributed by atoms with Gasteiger partial charge in [0.15, 0.2) is 0 Å². The molecule has 1 heteroatoms. The number of rotatable bonds is 4. The van der Waals surface area contributed by atoms with Gasteiger partial charge in [0, 0.05) is 6.04 Å². The number of hydrogen-bond acceptors (Lipinski definition) is 1. The second-order valence-corrected chi connectivity index (χ2v) is 4.73. The minimum Gasteiger partial charge on any atom is -0.314 e. The van der Waals surface area contributed by atoms with Gasteiger partial charge < -0.3 is 5.32 Å². The fraction of sp³-hybridized carbons (Fsp3) is 1.00. The van der Waals surface area contributed by atoms with Gasteiger partial charge in [-0.05, 0) is 31.2 Å². The summed E-state index contributed by atoms with van der Waals surface area (Å²) in [6.07, 6.45) is 7.29. The Morgan fingerprint density at radius 1 is 1.15 bits per heavy atom. The molecule has 1 N–H and O–H groups in total. The Hall–Kier alpha value is -0.0400. The zero-order valence-electron chi connectivity index (χ0n) is 9.47. The minimum absolute atomic E-state index is 0.769. The van der Waals surface area contributed by atoms with Gasteiger partial charge in [-0.3, -0.25) is 0 Å². The lowest BCUT2D eigenvalue weighted by Gasteiger charge is -2.33. The van der Waals surface area contributed by atoms with Crippen molar-refractivity contribution in [1.29, 1.82) is 0 Å². The molecule has 1 aliphatic carbocycles. The van der Waals surface area contributed by atoms with Gasteiger partial charge in [-0.15, -0.1) is 0 Å². The highest BCUT2D eigenvalue weighted by Gasteiger charge is 2.24. The molecule has 13 heavy (non-hydrogen) atoms. The lowest BCUT2D eigenvalue weighted by atomic mass is 9.79. The predicted molar refractivity (Wildman–Crippen MR) is 58.9 cm³/mol. The largest absolute Gasteiger partial charge is 0.314 e. The van der Waals surface area contributed by atoms with Gasteiger partial charge in [-0.2, -0.15) is 0 Å². The summed E-state index contributed by atoms with van der Waals surface area (Å²) in [4.78, 5) is 0. The minimum atomic E-state index is 0.769. The Labute approximate surface area is 83.3 Å². The molecule has 0 aromatic carbocycles. The summed E-state index contributed by atoms with van der Waals surface area (Å²) in [5.74, 6) is 1.75. The molecule has 0 spiro atoms. The van der Waals surface area contributed by atoms with Gasteiger partial charge in [-0.1, -0.05) is 40.0 Å². The van der Waals surface area contributed by atoms with Crippen molar-refractivity contribution in [3.63, 3.8) is 0 Å². The lowest BCUT2D eigenvalue weighted by Crippen LogP contribution is -2.41. The first-order valence-electron chi connectivity index (χ1n) is 5.99. The predicted octanol–water partition coefficient (Wildman–Crippen LogP) is 3.20. The molecule has 1 unspecified atom stereocenters. The van der Waals surface area contributed by atoms with E-state index < -0.39 is 0 Å². The highest BCUT2D eigenvalue weighted by atomic mass is 14.9. The van der Waals surface area contributed by atoms with Crippen LogP contribution in [-0.4, -0.2) is 12.6 Å². The quantitative estimate of drug-likeness (QED) is 0.706. The molecule has 0 radical (unpaired) electrons. The average Bonchev–Trinajstić information content (AvgIpc) is 2.15. The molecule has 0 saturated heterocycles. The Morgan fingerprint density at radius 3 is 2.23 bits per heavy atom. The van der Waals surface area contributed by atoms with E-state index in [4.69, 9.17) is 0 Å². The fourth-order valence-corrected chi connectivity index (χ4v) is 2.68. The Kier molecular flexibility index (Phi) is 4.79. The lowest BCUT2D eigenvalue weighted by molar-refractivity contribution is 0.226. The SMILES string of the molecule is CCNC(C(C)C)C1CCCCC1. The molecule has 1 rings (SSSR count). The van der Waals surface area contributed by atoms with Crippen molar-refractivity contribution in [2.45, 2.75) is 58.9 Å². The molecule has 1 saturated carbocycles. The van der Waals surface area contributed by atoms with Gasteiger partial charge >= 0.3 is 0 Å². The first-order valence-corrected chi connectivity index (χ1v) is 5.99. The third-order valence-corrected chi connectivity index (χ3v) is 3.32. The number of nitrogens with one attached hydrogen (secondary N) is 1. The summed E-state index contributed by atoms with van der Waals surface area (Å²) in [6.45, 7) is 8.04. The van der Waals surface area contributed by atoms with Crippen molar-refractivity contribution in [1.82, 2.24) is 5.32 Å². The molecular weight excluding hydrogens is 158 g/mol. The van der Waals surface area contributed by atoms with Crippen molar-refractivity contribution < 1.29 is 0 Å². The summed E-state index contributed by atoms with van der Waals surface area (Å²) in [6, 6.07) is 0.769. The molecule has 0 heterocycles. The van der Waals surface area contributed by atoms with Gasteiger partial charge in [0.25, 0.3) is 0 Å². The Morgan fingerprint density at radius 2 is 1.77 bits per heavy atom. The maximum absolute atomic E-state index is 3.65. The van der Waals surface area contributed by atoms with Crippen LogP contribution in [0.15, 0.2) is 0 Å². The van der Waals surface area contributed by atoms with Crippen LogP contribution in [0.25, 0.3) is 0 Å². The summed E-state index contributed by atoms with van der Waals surface area (Å²) in [5, 5.41) is 3.65. The summed E-state index contributed by atoms with van der Waals surface area (Å²) in [5.41, 5.74) is 0. The standard InChI is InChI=1S/C12H25N/c1-4-13-12(10(2)3)11-8-6-5-7-9-11/h10-13H,4-9H2,1-3H3. The normalized spacial score (nSPS) is 22.2. The molecule has 0 aromatic heterocycles. The van der Waals surface area contributed by atoms with Crippen molar-refractivity contribution in [2.24, 2.45) is 11.8 Å². The molecule has 1 aliphatic rings.